The van der Waals surface area contributed by atoms with Gasteiger partial charge >= 0.3 is 0 Å². The van der Waals surface area contributed by atoms with Crippen LogP contribution in [-0.4, -0.2) is 27.4 Å². The van der Waals surface area contributed by atoms with Crippen LogP contribution in [-0.2, 0) is 12.8 Å². The molecule has 1 rings (SSSR count). The van der Waals surface area contributed by atoms with Gasteiger partial charge in [-0.25, -0.2) is 0 Å². The van der Waals surface area contributed by atoms with E-state index in [0.717, 1.165) is 12.1 Å². The normalized spacial score (nSPS) is 14.9. The Morgan fingerprint density at radius 2 is 1.93 bits per heavy atom. The van der Waals surface area contributed by atoms with Crippen molar-refractivity contribution in [3.63, 3.8) is 0 Å². The van der Waals surface area contributed by atoms with Crippen LogP contribution in [0.5, 0.6) is 0 Å². The van der Waals surface area contributed by atoms with Gasteiger partial charge in [0, 0.05) is 18.3 Å². The van der Waals surface area contributed by atoms with Crippen LogP contribution in [0.15, 0.2) is 18.3 Å². The molecule has 2 N–H and O–H groups in total. The first-order chi connectivity index (χ1) is 7.17. The predicted octanol–water partition coefficient (Wildman–Crippen LogP) is 1.32. The number of hydrogen-bond acceptors (Lipinski definition) is 3. The van der Waals surface area contributed by atoms with E-state index in [1.165, 1.54) is 5.56 Å². The van der Waals surface area contributed by atoms with Crippen LogP contribution in [0.4, 0.5) is 0 Å². The molecule has 3 heteroatoms. The van der Waals surface area contributed by atoms with E-state index in [0.29, 0.717) is 12.8 Å². The number of aliphatic hydroxyl groups is 2. The summed E-state index contributed by atoms with van der Waals surface area (Å²) in [6.45, 7) is 3.92. The summed E-state index contributed by atoms with van der Waals surface area (Å²) in [6.07, 6.45) is 2.40. The van der Waals surface area contributed by atoms with Crippen molar-refractivity contribution in [2.75, 3.05) is 0 Å². The van der Waals surface area contributed by atoms with Gasteiger partial charge in [0.25, 0.3) is 0 Å². The molecule has 0 radical (unpaired) electrons. The molecule has 0 saturated carbocycles. The highest BCUT2D eigenvalue weighted by atomic mass is 16.3. The Morgan fingerprint density at radius 1 is 1.20 bits per heavy atom. The van der Waals surface area contributed by atoms with Crippen molar-refractivity contribution in [1.29, 1.82) is 0 Å². The lowest BCUT2D eigenvalue weighted by atomic mass is 10.1. The SMILES string of the molecule is CCc1ccc(CC(O)C(O)CC)nc1. The van der Waals surface area contributed by atoms with Crippen molar-refractivity contribution in [3.8, 4) is 0 Å². The molecular weight excluding hydrogens is 190 g/mol. The fraction of sp³-hybridized carbons (Fsp3) is 0.583. The smallest absolute Gasteiger partial charge is 0.0854 e. The van der Waals surface area contributed by atoms with Crippen LogP contribution >= 0.6 is 0 Å². The number of pyridine rings is 1. The summed E-state index contributed by atoms with van der Waals surface area (Å²) in [5.41, 5.74) is 2.01. The van der Waals surface area contributed by atoms with Gasteiger partial charge in [-0.05, 0) is 24.5 Å². The second kappa shape index (κ2) is 5.83. The minimum Gasteiger partial charge on any atom is -0.390 e. The number of aryl methyl sites for hydroxylation is 1. The van der Waals surface area contributed by atoms with Crippen molar-refractivity contribution in [2.24, 2.45) is 0 Å². The van der Waals surface area contributed by atoms with E-state index in [2.05, 4.69) is 11.9 Å². The summed E-state index contributed by atoms with van der Waals surface area (Å²) in [6, 6.07) is 3.91. The second-order valence-electron chi connectivity index (χ2n) is 3.76. The lowest BCUT2D eigenvalue weighted by Crippen LogP contribution is -2.27. The Morgan fingerprint density at radius 3 is 2.40 bits per heavy atom. The number of aliphatic hydroxyl groups excluding tert-OH is 2. The Kier molecular flexibility index (Phi) is 4.72. The van der Waals surface area contributed by atoms with Gasteiger partial charge in [-0.3, -0.25) is 4.98 Å². The van der Waals surface area contributed by atoms with E-state index in [-0.39, 0.29) is 0 Å². The number of rotatable bonds is 5. The third kappa shape index (κ3) is 3.61. The Labute approximate surface area is 90.8 Å². The summed E-state index contributed by atoms with van der Waals surface area (Å²) in [7, 11) is 0. The highest BCUT2D eigenvalue weighted by Gasteiger charge is 2.14. The van der Waals surface area contributed by atoms with Gasteiger partial charge in [0.1, 0.15) is 0 Å². The number of hydrogen-bond donors (Lipinski definition) is 2. The molecule has 0 aliphatic rings. The molecule has 0 fully saturated rings. The predicted molar refractivity (Wildman–Crippen MR) is 59.6 cm³/mol. The van der Waals surface area contributed by atoms with E-state index in [4.69, 9.17) is 0 Å². The monoisotopic (exact) mass is 209 g/mol. The summed E-state index contributed by atoms with van der Waals surface area (Å²) in [4.78, 5) is 4.24. The van der Waals surface area contributed by atoms with E-state index in [9.17, 15) is 10.2 Å². The maximum atomic E-state index is 9.61. The molecule has 1 aromatic rings. The average molecular weight is 209 g/mol. The first-order valence-corrected chi connectivity index (χ1v) is 5.47. The van der Waals surface area contributed by atoms with Crippen molar-refractivity contribution in [3.05, 3.63) is 29.6 Å². The van der Waals surface area contributed by atoms with Gasteiger partial charge in [0.15, 0.2) is 0 Å². The third-order valence-electron chi connectivity index (χ3n) is 2.57. The zero-order valence-electron chi connectivity index (χ0n) is 9.35. The molecule has 2 unspecified atom stereocenters. The topological polar surface area (TPSA) is 53.4 Å². The van der Waals surface area contributed by atoms with Crippen LogP contribution in [0, 0.1) is 0 Å². The fourth-order valence-electron chi connectivity index (χ4n) is 1.41. The Balaban J connectivity index is 2.57. The molecule has 0 aliphatic carbocycles. The molecule has 1 aromatic heterocycles. The molecule has 0 aromatic carbocycles. The van der Waals surface area contributed by atoms with Gasteiger partial charge in [-0.15, -0.1) is 0 Å². The van der Waals surface area contributed by atoms with E-state index >= 15 is 0 Å². The first-order valence-electron chi connectivity index (χ1n) is 5.47. The minimum absolute atomic E-state index is 0.416. The quantitative estimate of drug-likeness (QED) is 0.769. The molecular formula is C12H19NO2. The Bertz CT molecular complexity index is 284. The molecule has 2 atom stereocenters. The van der Waals surface area contributed by atoms with Crippen LogP contribution < -0.4 is 0 Å². The standard InChI is InChI=1S/C12H19NO2/c1-3-9-5-6-10(13-8-9)7-12(15)11(14)4-2/h5-6,8,11-12,14-15H,3-4,7H2,1-2H3. The molecule has 15 heavy (non-hydrogen) atoms. The third-order valence-corrected chi connectivity index (χ3v) is 2.57. The summed E-state index contributed by atoms with van der Waals surface area (Å²) >= 11 is 0. The fourth-order valence-corrected chi connectivity index (χ4v) is 1.41. The van der Waals surface area contributed by atoms with Gasteiger partial charge < -0.3 is 10.2 Å². The van der Waals surface area contributed by atoms with Crippen LogP contribution in [0.3, 0.4) is 0 Å². The summed E-state index contributed by atoms with van der Waals surface area (Å²) in [5, 5.41) is 19.0. The number of aromatic nitrogens is 1. The van der Waals surface area contributed by atoms with Crippen molar-refractivity contribution in [2.45, 2.75) is 45.3 Å². The molecule has 0 amide bonds. The first kappa shape index (κ1) is 12.1. The number of nitrogens with zero attached hydrogens (tertiary/aromatic N) is 1. The van der Waals surface area contributed by atoms with Crippen molar-refractivity contribution >= 4 is 0 Å². The summed E-state index contributed by atoms with van der Waals surface area (Å²) < 4.78 is 0. The molecule has 0 bridgehead atoms. The van der Waals surface area contributed by atoms with E-state index in [1.807, 2.05) is 25.3 Å². The van der Waals surface area contributed by atoms with Gasteiger partial charge in [-0.1, -0.05) is 19.9 Å². The van der Waals surface area contributed by atoms with Gasteiger partial charge in [0.05, 0.1) is 12.2 Å². The van der Waals surface area contributed by atoms with E-state index < -0.39 is 12.2 Å². The average Bonchev–Trinajstić information content (AvgIpc) is 2.29. The van der Waals surface area contributed by atoms with Crippen molar-refractivity contribution in [1.82, 2.24) is 4.98 Å². The summed E-state index contributed by atoms with van der Waals surface area (Å²) in [5.74, 6) is 0. The van der Waals surface area contributed by atoms with Crippen LogP contribution in [0.25, 0.3) is 0 Å². The highest BCUT2D eigenvalue weighted by Crippen LogP contribution is 2.07. The maximum Gasteiger partial charge on any atom is 0.0854 e. The molecule has 84 valence electrons. The molecule has 0 saturated heterocycles. The minimum atomic E-state index is -0.713. The molecule has 0 spiro atoms. The van der Waals surface area contributed by atoms with Gasteiger partial charge in [0.2, 0.25) is 0 Å². The van der Waals surface area contributed by atoms with Gasteiger partial charge in [-0.2, -0.15) is 0 Å². The zero-order chi connectivity index (χ0) is 11.3. The molecule has 3 nitrogen and oxygen atoms in total. The lowest BCUT2D eigenvalue weighted by molar-refractivity contribution is 0.0176. The largest absolute Gasteiger partial charge is 0.390 e. The van der Waals surface area contributed by atoms with Crippen molar-refractivity contribution < 1.29 is 10.2 Å². The van der Waals surface area contributed by atoms with E-state index in [1.54, 1.807) is 0 Å². The second-order valence-corrected chi connectivity index (χ2v) is 3.76. The maximum absolute atomic E-state index is 9.61. The van der Waals surface area contributed by atoms with Crippen LogP contribution in [0.1, 0.15) is 31.5 Å². The molecule has 0 aliphatic heterocycles. The van der Waals surface area contributed by atoms with Crippen LogP contribution in [0.2, 0.25) is 0 Å². The lowest BCUT2D eigenvalue weighted by Gasteiger charge is -2.15. The Hall–Kier alpha value is -0.930. The zero-order valence-corrected chi connectivity index (χ0v) is 9.35. The highest BCUT2D eigenvalue weighted by molar-refractivity contribution is 5.14. The molecule has 1 heterocycles.